The van der Waals surface area contributed by atoms with Crippen LogP contribution < -0.4 is 9.04 Å². The van der Waals surface area contributed by atoms with Crippen molar-refractivity contribution in [2.75, 3.05) is 18.5 Å². The molecular weight excluding hydrogens is 310 g/mol. The van der Waals surface area contributed by atoms with Gasteiger partial charge >= 0.3 is 0 Å². The summed E-state index contributed by atoms with van der Waals surface area (Å²) >= 11 is 5.76. The van der Waals surface area contributed by atoms with E-state index in [1.54, 1.807) is 55.6 Å². The van der Waals surface area contributed by atoms with Gasteiger partial charge in [-0.2, -0.15) is 0 Å². The van der Waals surface area contributed by atoms with Gasteiger partial charge in [0.15, 0.2) is 0 Å². The second-order valence-electron chi connectivity index (χ2n) is 4.45. The molecule has 0 fully saturated rings. The molecule has 0 aliphatic heterocycles. The minimum absolute atomic E-state index is 0.221. The van der Waals surface area contributed by atoms with E-state index in [0.717, 1.165) is 5.56 Å². The van der Waals surface area contributed by atoms with Crippen LogP contribution in [0, 0.1) is 0 Å². The van der Waals surface area contributed by atoms with Crippen LogP contribution in [0.1, 0.15) is 5.56 Å². The molecule has 0 saturated heterocycles. The van der Waals surface area contributed by atoms with Gasteiger partial charge in [0, 0.05) is 12.9 Å². The van der Waals surface area contributed by atoms with Gasteiger partial charge < -0.3 is 4.74 Å². The summed E-state index contributed by atoms with van der Waals surface area (Å²) in [5.41, 5.74) is 1.33. The normalized spacial score (nSPS) is 11.2. The average Bonchev–Trinajstić information content (AvgIpc) is 2.54. The minimum atomic E-state index is -3.61. The van der Waals surface area contributed by atoms with Crippen LogP contribution >= 0.6 is 11.6 Å². The molecule has 0 amide bonds. The molecule has 0 spiro atoms. The number of rotatable bonds is 5. The number of nitrogens with zero attached hydrogens (tertiary/aromatic N) is 1. The van der Waals surface area contributed by atoms with E-state index < -0.39 is 10.0 Å². The predicted molar refractivity (Wildman–Crippen MR) is 84.6 cm³/mol. The first-order chi connectivity index (χ1) is 9.98. The van der Waals surface area contributed by atoms with Gasteiger partial charge in [-0.1, -0.05) is 12.1 Å². The van der Waals surface area contributed by atoms with E-state index in [2.05, 4.69) is 0 Å². The van der Waals surface area contributed by atoms with Gasteiger partial charge in [-0.05, 0) is 42.0 Å². The van der Waals surface area contributed by atoms with Crippen LogP contribution in [0.25, 0.3) is 0 Å². The fourth-order valence-corrected chi connectivity index (χ4v) is 3.31. The smallest absolute Gasteiger partial charge is 0.264 e. The van der Waals surface area contributed by atoms with E-state index in [9.17, 15) is 8.42 Å². The Morgan fingerprint density at radius 2 is 1.81 bits per heavy atom. The van der Waals surface area contributed by atoms with Crippen molar-refractivity contribution in [3.05, 3.63) is 54.1 Å². The van der Waals surface area contributed by atoms with E-state index >= 15 is 0 Å². The molecule has 0 unspecified atom stereocenters. The van der Waals surface area contributed by atoms with Gasteiger partial charge in [-0.15, -0.1) is 11.6 Å². The lowest BCUT2D eigenvalue weighted by atomic mass is 10.2. The highest BCUT2D eigenvalue weighted by Crippen LogP contribution is 2.24. The van der Waals surface area contributed by atoms with Crippen LogP contribution in [0.5, 0.6) is 5.75 Å². The van der Waals surface area contributed by atoms with Crippen LogP contribution in [0.15, 0.2) is 53.4 Å². The lowest BCUT2D eigenvalue weighted by Gasteiger charge is -2.20. The van der Waals surface area contributed by atoms with Crippen molar-refractivity contribution >= 4 is 27.3 Å². The number of hydrogen-bond donors (Lipinski definition) is 0. The Labute approximate surface area is 130 Å². The van der Waals surface area contributed by atoms with E-state index in [1.807, 2.05) is 0 Å². The van der Waals surface area contributed by atoms with Crippen molar-refractivity contribution in [2.24, 2.45) is 0 Å². The van der Waals surface area contributed by atoms with Gasteiger partial charge in [-0.25, -0.2) is 8.42 Å². The fraction of sp³-hybridized carbons (Fsp3) is 0.200. The molecule has 112 valence electrons. The van der Waals surface area contributed by atoms with E-state index in [4.69, 9.17) is 16.3 Å². The first-order valence-electron chi connectivity index (χ1n) is 6.27. The van der Waals surface area contributed by atoms with Crippen LogP contribution in [0.4, 0.5) is 5.69 Å². The molecular formula is C15H16ClNO3S. The maximum Gasteiger partial charge on any atom is 0.264 e. The zero-order valence-corrected chi connectivity index (χ0v) is 13.4. The van der Waals surface area contributed by atoms with E-state index in [-0.39, 0.29) is 10.8 Å². The van der Waals surface area contributed by atoms with Crippen LogP contribution in [0.3, 0.4) is 0 Å². The molecule has 0 radical (unpaired) electrons. The summed E-state index contributed by atoms with van der Waals surface area (Å²) in [6.45, 7) is 0. The monoisotopic (exact) mass is 325 g/mol. The second-order valence-corrected chi connectivity index (χ2v) is 6.69. The van der Waals surface area contributed by atoms with Crippen molar-refractivity contribution in [2.45, 2.75) is 10.8 Å². The zero-order chi connectivity index (χ0) is 15.5. The third-order valence-electron chi connectivity index (χ3n) is 3.15. The molecule has 21 heavy (non-hydrogen) atoms. The SMILES string of the molecule is COc1ccc(N(C)S(=O)(=O)c2cccc(CCl)c2)cc1. The first-order valence-corrected chi connectivity index (χ1v) is 8.24. The lowest BCUT2D eigenvalue weighted by molar-refractivity contribution is 0.415. The third kappa shape index (κ3) is 3.31. The highest BCUT2D eigenvalue weighted by atomic mass is 35.5. The molecule has 0 atom stereocenters. The molecule has 0 bridgehead atoms. The summed E-state index contributed by atoms with van der Waals surface area (Å²) in [6.07, 6.45) is 0. The number of anilines is 1. The predicted octanol–water partition coefficient (Wildman–Crippen LogP) is 3.26. The maximum absolute atomic E-state index is 12.6. The Balaban J connectivity index is 2.37. The van der Waals surface area contributed by atoms with Gasteiger partial charge in [0.1, 0.15) is 5.75 Å². The Bertz CT molecular complexity index is 714. The van der Waals surface area contributed by atoms with Crippen LogP contribution in [-0.2, 0) is 15.9 Å². The van der Waals surface area contributed by atoms with Crippen molar-refractivity contribution in [3.8, 4) is 5.75 Å². The molecule has 0 aromatic heterocycles. The molecule has 2 rings (SSSR count). The quantitative estimate of drug-likeness (QED) is 0.793. The molecule has 0 heterocycles. The van der Waals surface area contributed by atoms with Gasteiger partial charge in [0.2, 0.25) is 0 Å². The average molecular weight is 326 g/mol. The summed E-state index contributed by atoms with van der Waals surface area (Å²) in [5.74, 6) is 0.948. The van der Waals surface area contributed by atoms with E-state index in [0.29, 0.717) is 11.4 Å². The van der Waals surface area contributed by atoms with Crippen molar-refractivity contribution in [1.29, 1.82) is 0 Å². The van der Waals surface area contributed by atoms with Crippen molar-refractivity contribution in [1.82, 2.24) is 0 Å². The Morgan fingerprint density at radius 3 is 2.38 bits per heavy atom. The van der Waals surface area contributed by atoms with Crippen LogP contribution in [-0.4, -0.2) is 22.6 Å². The largest absolute Gasteiger partial charge is 0.497 e. The number of benzene rings is 2. The van der Waals surface area contributed by atoms with Gasteiger partial charge in [0.25, 0.3) is 10.0 Å². The summed E-state index contributed by atoms with van der Waals surface area (Å²) < 4.78 is 31.5. The number of hydrogen-bond acceptors (Lipinski definition) is 3. The summed E-state index contributed by atoms with van der Waals surface area (Å²) in [5, 5.41) is 0. The second kappa shape index (κ2) is 6.37. The molecule has 0 N–H and O–H groups in total. The summed E-state index contributed by atoms with van der Waals surface area (Å²) in [4.78, 5) is 0.221. The molecule has 6 heteroatoms. The van der Waals surface area contributed by atoms with Crippen molar-refractivity contribution < 1.29 is 13.2 Å². The third-order valence-corrected chi connectivity index (χ3v) is 5.24. The van der Waals surface area contributed by atoms with Gasteiger partial charge in [-0.3, -0.25) is 4.31 Å². The highest BCUT2D eigenvalue weighted by Gasteiger charge is 2.21. The molecule has 4 nitrogen and oxygen atoms in total. The number of ether oxygens (including phenoxy) is 1. The zero-order valence-electron chi connectivity index (χ0n) is 11.8. The molecule has 2 aromatic rings. The highest BCUT2D eigenvalue weighted by molar-refractivity contribution is 7.92. The van der Waals surface area contributed by atoms with Crippen LogP contribution in [0.2, 0.25) is 0 Å². The molecule has 0 aliphatic carbocycles. The van der Waals surface area contributed by atoms with Crippen molar-refractivity contribution in [3.63, 3.8) is 0 Å². The summed E-state index contributed by atoms with van der Waals surface area (Å²) in [6, 6.07) is 13.5. The van der Waals surface area contributed by atoms with E-state index in [1.165, 1.54) is 11.4 Å². The lowest BCUT2D eigenvalue weighted by Crippen LogP contribution is -2.26. The summed E-state index contributed by atoms with van der Waals surface area (Å²) in [7, 11) is -0.529. The number of alkyl halides is 1. The molecule has 0 saturated carbocycles. The Morgan fingerprint density at radius 1 is 1.14 bits per heavy atom. The Hall–Kier alpha value is -1.72. The molecule has 2 aromatic carbocycles. The van der Waals surface area contributed by atoms with Gasteiger partial charge in [0.05, 0.1) is 17.7 Å². The number of sulfonamides is 1. The Kier molecular flexibility index (Phi) is 4.75. The molecule has 0 aliphatic rings. The maximum atomic E-state index is 12.6. The standard InChI is InChI=1S/C15H16ClNO3S/c1-17(13-6-8-14(20-2)9-7-13)21(18,19)15-5-3-4-12(10-15)11-16/h3-10H,11H2,1-2H3. The number of methoxy groups -OCH3 is 1. The topological polar surface area (TPSA) is 46.6 Å². The fourth-order valence-electron chi connectivity index (χ4n) is 1.88. The number of halogens is 1. The minimum Gasteiger partial charge on any atom is -0.497 e. The first kappa shape index (κ1) is 15.7.